The van der Waals surface area contributed by atoms with Gasteiger partial charge in [0.1, 0.15) is 11.2 Å². The van der Waals surface area contributed by atoms with E-state index < -0.39 is 0 Å². The predicted molar refractivity (Wildman–Crippen MR) is 175 cm³/mol. The molecule has 0 N–H and O–H groups in total. The molecule has 40 heavy (non-hydrogen) atoms. The normalized spacial score (nSPS) is 17.6. The van der Waals surface area contributed by atoms with Gasteiger partial charge in [-0.05, 0) is 96.2 Å². The van der Waals surface area contributed by atoms with E-state index in [0.717, 1.165) is 25.9 Å². The van der Waals surface area contributed by atoms with E-state index in [0.29, 0.717) is 0 Å². The van der Waals surface area contributed by atoms with Crippen LogP contribution in [0.25, 0.3) is 37.8 Å². The fraction of sp³-hybridized carbons (Fsp3) is 0.194. The summed E-state index contributed by atoms with van der Waals surface area (Å²) in [5.74, 6) is 0. The lowest BCUT2D eigenvalue weighted by Gasteiger charge is -2.18. The maximum atomic E-state index is 2.45. The minimum absolute atomic E-state index is 0.971. The molecule has 0 unspecified atom stereocenters. The van der Waals surface area contributed by atoms with Gasteiger partial charge in [-0.3, -0.25) is 0 Å². The third-order valence-corrected chi connectivity index (χ3v) is 10.5. The molecule has 198 valence electrons. The lowest BCUT2D eigenvalue weighted by Crippen LogP contribution is -2.33. The van der Waals surface area contributed by atoms with Gasteiger partial charge in [0.15, 0.2) is 0 Å². The molecule has 0 saturated heterocycles. The number of hydrogen-bond acceptors (Lipinski definition) is 3. The molecule has 2 aliphatic rings. The van der Waals surface area contributed by atoms with Crippen molar-refractivity contribution in [3.05, 3.63) is 118 Å². The van der Waals surface area contributed by atoms with Crippen molar-refractivity contribution in [1.82, 2.24) is 0 Å². The van der Waals surface area contributed by atoms with E-state index in [1.807, 2.05) is 23.1 Å². The maximum Gasteiger partial charge on any atom is 0.262 e. The fourth-order valence-corrected chi connectivity index (χ4v) is 8.40. The summed E-state index contributed by atoms with van der Waals surface area (Å²) in [4.78, 5) is 3.81. The Balaban J connectivity index is 1.17. The number of aromatic nitrogens is 1. The highest BCUT2D eigenvalue weighted by atomic mass is 32.2. The van der Waals surface area contributed by atoms with Crippen molar-refractivity contribution in [1.29, 1.82) is 0 Å². The van der Waals surface area contributed by atoms with E-state index >= 15 is 0 Å². The second-order valence-corrected chi connectivity index (χ2v) is 12.7. The molecule has 0 saturated carbocycles. The number of aryl methyl sites for hydroxylation is 1. The highest BCUT2D eigenvalue weighted by Gasteiger charge is 2.24. The van der Waals surface area contributed by atoms with Gasteiger partial charge in [0.05, 0.1) is 10.7 Å². The molecule has 1 aliphatic heterocycles. The molecule has 0 spiro atoms. The topological polar surface area (TPSA) is 7.12 Å². The summed E-state index contributed by atoms with van der Waals surface area (Å²) in [5.41, 5.74) is 7.00. The van der Waals surface area contributed by atoms with Crippen LogP contribution in [-0.4, -0.2) is 6.54 Å². The molecule has 4 aromatic carbocycles. The van der Waals surface area contributed by atoms with Gasteiger partial charge in [-0.2, -0.15) is 4.57 Å². The minimum atomic E-state index is 0.971. The first-order chi connectivity index (χ1) is 19.6. The van der Waals surface area contributed by atoms with Gasteiger partial charge in [-0.15, -0.1) is 0 Å². The molecule has 0 bridgehead atoms. The summed E-state index contributed by atoms with van der Waals surface area (Å²) in [7, 11) is 0. The highest BCUT2D eigenvalue weighted by Crippen LogP contribution is 2.47. The molecule has 0 amide bonds. The number of benzene rings is 4. The standard InChI is InChI=1S/C36H33N2S2/c1-4-37-31-20-27-10-6-8-12-29(27)22-33(31)39-35(37)18-16-25-14-15-26(24(25)3)17-19-36-38(5-2)32-21-28-11-7-9-13-30(28)23-34(32)40-36/h6-13,16-23H,4-5,14-15H2,1-3H3/q+1. The Bertz CT molecular complexity index is 1920. The Morgan fingerprint density at radius 2 is 1.52 bits per heavy atom. The van der Waals surface area contributed by atoms with Crippen molar-refractivity contribution < 1.29 is 4.57 Å². The summed E-state index contributed by atoms with van der Waals surface area (Å²) in [6.07, 6.45) is 11.6. The summed E-state index contributed by atoms with van der Waals surface area (Å²) in [6.45, 7) is 8.73. The number of fused-ring (bicyclic) bond motifs is 4. The zero-order valence-corrected chi connectivity index (χ0v) is 24.9. The molecule has 5 aromatic rings. The first kappa shape index (κ1) is 25.4. The number of allylic oxidation sites excluding steroid dienone is 6. The minimum Gasteiger partial charge on any atom is -0.335 e. The molecule has 0 fully saturated rings. The number of thiazole rings is 1. The Hall–Kier alpha value is -3.60. The van der Waals surface area contributed by atoms with Gasteiger partial charge in [0.2, 0.25) is 5.52 Å². The van der Waals surface area contributed by atoms with Crippen LogP contribution in [0.5, 0.6) is 0 Å². The van der Waals surface area contributed by atoms with Crippen LogP contribution in [0.2, 0.25) is 0 Å². The largest absolute Gasteiger partial charge is 0.335 e. The van der Waals surface area contributed by atoms with E-state index in [2.05, 4.69) is 127 Å². The van der Waals surface area contributed by atoms with E-state index in [4.69, 9.17) is 0 Å². The highest BCUT2D eigenvalue weighted by molar-refractivity contribution is 8.03. The van der Waals surface area contributed by atoms with Crippen molar-refractivity contribution >= 4 is 66.6 Å². The van der Waals surface area contributed by atoms with Crippen molar-refractivity contribution in [2.75, 3.05) is 11.4 Å². The van der Waals surface area contributed by atoms with Crippen LogP contribution >= 0.6 is 23.1 Å². The lowest BCUT2D eigenvalue weighted by atomic mass is 10.1. The molecule has 2 nitrogen and oxygen atoms in total. The van der Waals surface area contributed by atoms with Crippen molar-refractivity contribution in [2.24, 2.45) is 0 Å². The molecule has 7 rings (SSSR count). The van der Waals surface area contributed by atoms with Gasteiger partial charge < -0.3 is 4.90 Å². The Labute approximate surface area is 244 Å². The fourth-order valence-electron chi connectivity index (χ4n) is 6.08. The van der Waals surface area contributed by atoms with Crippen molar-refractivity contribution in [3.8, 4) is 0 Å². The molecule has 1 aliphatic carbocycles. The van der Waals surface area contributed by atoms with Crippen molar-refractivity contribution in [3.63, 3.8) is 0 Å². The number of nitrogens with zero attached hydrogens (tertiary/aromatic N) is 2. The monoisotopic (exact) mass is 557 g/mol. The zero-order chi connectivity index (χ0) is 27.2. The first-order valence-corrected chi connectivity index (χ1v) is 15.9. The smallest absolute Gasteiger partial charge is 0.262 e. The molecule has 0 radical (unpaired) electrons. The van der Waals surface area contributed by atoms with Crippen LogP contribution in [0.4, 0.5) is 5.69 Å². The Kier molecular flexibility index (Phi) is 6.61. The van der Waals surface area contributed by atoms with E-state index in [1.54, 1.807) is 0 Å². The van der Waals surface area contributed by atoms with Crippen LogP contribution in [-0.2, 0) is 6.54 Å². The first-order valence-electron chi connectivity index (χ1n) is 14.3. The number of anilines is 1. The molecule has 2 heterocycles. The Morgan fingerprint density at radius 1 is 0.825 bits per heavy atom. The summed E-state index contributed by atoms with van der Waals surface area (Å²) in [5, 5.41) is 7.88. The van der Waals surface area contributed by atoms with E-state index in [1.165, 1.54) is 69.1 Å². The third-order valence-electron chi connectivity index (χ3n) is 8.31. The van der Waals surface area contributed by atoms with Gasteiger partial charge in [-0.25, -0.2) is 0 Å². The third kappa shape index (κ3) is 4.40. The lowest BCUT2D eigenvalue weighted by molar-refractivity contribution is -0.665. The van der Waals surface area contributed by atoms with Crippen LogP contribution in [0.15, 0.2) is 118 Å². The maximum absolute atomic E-state index is 2.45. The molecular formula is C36H33N2S2+. The average Bonchev–Trinajstić information content (AvgIpc) is 3.63. The van der Waals surface area contributed by atoms with Crippen LogP contribution < -0.4 is 9.47 Å². The molecule has 0 atom stereocenters. The van der Waals surface area contributed by atoms with Gasteiger partial charge in [-0.1, -0.05) is 83.8 Å². The SMILES string of the molecule is CCN1/C(=C/C=C2\CCC(/C=C/c3sc4cc5ccccc5cc4[n+]3CC)=C2C)Sc2cc3ccccc3cc21. The van der Waals surface area contributed by atoms with E-state index in [-0.39, 0.29) is 0 Å². The van der Waals surface area contributed by atoms with Crippen LogP contribution in [0, 0.1) is 0 Å². The van der Waals surface area contributed by atoms with Gasteiger partial charge in [0, 0.05) is 23.6 Å². The second-order valence-electron chi connectivity index (χ2n) is 10.5. The number of rotatable bonds is 5. The molecule has 4 heteroatoms. The number of thioether (sulfide) groups is 1. The summed E-state index contributed by atoms with van der Waals surface area (Å²) >= 11 is 3.79. The summed E-state index contributed by atoms with van der Waals surface area (Å²) in [6, 6.07) is 26.7. The van der Waals surface area contributed by atoms with Crippen molar-refractivity contribution in [2.45, 2.75) is 45.1 Å². The van der Waals surface area contributed by atoms with Crippen LogP contribution in [0.3, 0.4) is 0 Å². The van der Waals surface area contributed by atoms with Gasteiger partial charge in [0.25, 0.3) is 5.01 Å². The summed E-state index contributed by atoms with van der Waals surface area (Å²) < 4.78 is 3.81. The number of hydrogen-bond donors (Lipinski definition) is 0. The quantitative estimate of drug-likeness (QED) is 0.199. The Morgan fingerprint density at radius 3 is 2.25 bits per heavy atom. The predicted octanol–water partition coefficient (Wildman–Crippen LogP) is 10.0. The van der Waals surface area contributed by atoms with E-state index in [9.17, 15) is 0 Å². The second kappa shape index (κ2) is 10.4. The molecule has 1 aromatic heterocycles. The average molecular weight is 558 g/mol. The zero-order valence-electron chi connectivity index (χ0n) is 23.3. The van der Waals surface area contributed by atoms with Gasteiger partial charge >= 0.3 is 0 Å². The van der Waals surface area contributed by atoms with Crippen LogP contribution in [0.1, 0.15) is 38.6 Å². The molecular weight excluding hydrogens is 525 g/mol.